The first-order valence-corrected chi connectivity index (χ1v) is 13.2. The largest absolute Gasteiger partial charge is 0.339 e. The number of amides is 2. The van der Waals surface area contributed by atoms with Gasteiger partial charge in [0, 0.05) is 23.6 Å². The second kappa shape index (κ2) is 10.1. The van der Waals surface area contributed by atoms with Crippen LogP contribution in [0.5, 0.6) is 0 Å². The molecule has 200 valence electrons. The van der Waals surface area contributed by atoms with Crippen LogP contribution in [0.2, 0.25) is 0 Å². The molecule has 5 rings (SSSR count). The number of anilines is 1. The second-order valence-electron chi connectivity index (χ2n) is 11.0. The number of nitrogens with zero attached hydrogens (tertiary/aromatic N) is 3. The van der Waals surface area contributed by atoms with Crippen molar-refractivity contribution in [3.05, 3.63) is 113 Å². The van der Waals surface area contributed by atoms with Gasteiger partial charge in [0.2, 0.25) is 0 Å². The molecule has 0 saturated heterocycles. The summed E-state index contributed by atoms with van der Waals surface area (Å²) in [6.07, 6.45) is 0. The van der Waals surface area contributed by atoms with Gasteiger partial charge in [0.15, 0.2) is 0 Å². The monoisotopic (exact) mass is 524 g/mol. The van der Waals surface area contributed by atoms with Crippen molar-refractivity contribution < 1.29 is 14.0 Å². The van der Waals surface area contributed by atoms with Gasteiger partial charge in [-0.15, -0.1) is 0 Å². The van der Waals surface area contributed by atoms with Gasteiger partial charge in [-0.05, 0) is 66.8 Å². The summed E-state index contributed by atoms with van der Waals surface area (Å²) in [6.45, 7) is 10.5. The van der Waals surface area contributed by atoms with Gasteiger partial charge in [-0.1, -0.05) is 63.2 Å². The number of hydrogen-bond acceptors (Lipinski definition) is 3. The maximum Gasteiger partial charge on any atom is 0.251 e. The Morgan fingerprint density at radius 1 is 1.00 bits per heavy atom. The van der Waals surface area contributed by atoms with Crippen LogP contribution in [0.25, 0.3) is 5.69 Å². The molecule has 39 heavy (non-hydrogen) atoms. The Hall–Kier alpha value is -4.26. The Labute approximate surface area is 228 Å². The second-order valence-corrected chi connectivity index (χ2v) is 11.0. The van der Waals surface area contributed by atoms with Crippen LogP contribution in [0.3, 0.4) is 0 Å². The summed E-state index contributed by atoms with van der Waals surface area (Å²) in [7, 11) is 0. The summed E-state index contributed by atoms with van der Waals surface area (Å²) in [4.78, 5) is 29.5. The summed E-state index contributed by atoms with van der Waals surface area (Å²) >= 11 is 0. The molecule has 2 heterocycles. The summed E-state index contributed by atoms with van der Waals surface area (Å²) in [5.74, 6) is -0.827. The van der Waals surface area contributed by atoms with Crippen molar-refractivity contribution >= 4 is 17.6 Å². The summed E-state index contributed by atoms with van der Waals surface area (Å²) in [5, 5.41) is 7.88. The van der Waals surface area contributed by atoms with Crippen LogP contribution in [-0.4, -0.2) is 34.2 Å². The van der Waals surface area contributed by atoms with Gasteiger partial charge in [-0.3, -0.25) is 14.5 Å². The number of likely N-dealkylation sites (N-methyl/N-ethyl adjacent to an activating group) is 1. The molecule has 2 amide bonds. The van der Waals surface area contributed by atoms with E-state index in [0.29, 0.717) is 17.9 Å². The topological polar surface area (TPSA) is 67.2 Å². The van der Waals surface area contributed by atoms with Crippen molar-refractivity contribution in [1.29, 1.82) is 0 Å². The van der Waals surface area contributed by atoms with Gasteiger partial charge < -0.3 is 5.32 Å². The van der Waals surface area contributed by atoms with Crippen molar-refractivity contribution in [1.82, 2.24) is 15.1 Å². The number of hydrogen-bond donors (Lipinski definition) is 1. The number of carbonyl (C=O) groups is 2. The van der Waals surface area contributed by atoms with E-state index in [1.54, 1.807) is 27.8 Å². The summed E-state index contributed by atoms with van der Waals surface area (Å²) in [5.41, 5.74) is 4.50. The van der Waals surface area contributed by atoms with Gasteiger partial charge in [0.05, 0.1) is 11.4 Å². The zero-order valence-electron chi connectivity index (χ0n) is 22.9. The van der Waals surface area contributed by atoms with Gasteiger partial charge >= 0.3 is 0 Å². The maximum absolute atomic E-state index is 14.2. The van der Waals surface area contributed by atoms with E-state index in [1.807, 2.05) is 62.4 Å². The molecule has 1 aromatic heterocycles. The van der Waals surface area contributed by atoms with E-state index in [2.05, 4.69) is 26.1 Å². The number of fused-ring (bicyclic) bond motifs is 1. The molecule has 1 unspecified atom stereocenters. The molecule has 1 aliphatic rings. The Bertz CT molecular complexity index is 1520. The zero-order valence-corrected chi connectivity index (χ0v) is 22.9. The number of benzene rings is 3. The molecule has 0 spiro atoms. The fourth-order valence-electron chi connectivity index (χ4n) is 5.31. The van der Waals surface area contributed by atoms with Crippen molar-refractivity contribution in [3.63, 3.8) is 0 Å². The number of rotatable bonds is 5. The van der Waals surface area contributed by atoms with Crippen molar-refractivity contribution in [2.75, 3.05) is 11.4 Å². The van der Waals surface area contributed by atoms with Gasteiger partial charge in [-0.25, -0.2) is 9.07 Å². The third-order valence-corrected chi connectivity index (χ3v) is 7.34. The molecule has 0 radical (unpaired) electrons. The Morgan fingerprint density at radius 3 is 2.33 bits per heavy atom. The minimum atomic E-state index is -0.902. The molecule has 0 aliphatic carbocycles. The highest BCUT2D eigenvalue weighted by Gasteiger charge is 2.45. The molecule has 7 heteroatoms. The van der Waals surface area contributed by atoms with Crippen LogP contribution < -0.4 is 10.2 Å². The lowest BCUT2D eigenvalue weighted by atomic mass is 9.81. The Morgan fingerprint density at radius 2 is 1.69 bits per heavy atom. The minimum absolute atomic E-state index is 0.134. The lowest BCUT2D eigenvalue weighted by Crippen LogP contribution is -2.55. The highest BCUT2D eigenvalue weighted by Crippen LogP contribution is 2.43. The van der Waals surface area contributed by atoms with Gasteiger partial charge in [-0.2, -0.15) is 5.10 Å². The fraction of sp³-hybridized carbons (Fsp3) is 0.281. The number of nitrogens with one attached hydrogen (secondary N) is 1. The smallest absolute Gasteiger partial charge is 0.251 e. The van der Waals surface area contributed by atoms with E-state index in [0.717, 1.165) is 28.1 Å². The highest BCUT2D eigenvalue weighted by atomic mass is 19.1. The molecule has 4 aromatic rings. The van der Waals surface area contributed by atoms with Crippen molar-refractivity contribution in [3.8, 4) is 5.69 Å². The summed E-state index contributed by atoms with van der Waals surface area (Å²) in [6, 6.07) is 22.4. The molecule has 1 N–H and O–H groups in total. The lowest BCUT2D eigenvalue weighted by molar-refractivity contribution is -0.121. The maximum atomic E-state index is 14.2. The molecule has 6 nitrogen and oxygen atoms in total. The van der Waals surface area contributed by atoms with Crippen molar-refractivity contribution in [2.45, 2.75) is 52.0 Å². The molecule has 1 aliphatic heterocycles. The van der Waals surface area contributed by atoms with Gasteiger partial charge in [0.1, 0.15) is 17.7 Å². The third kappa shape index (κ3) is 4.85. The number of halogens is 1. The normalized spacial score (nSPS) is 17.2. The predicted molar refractivity (Wildman–Crippen MR) is 151 cm³/mol. The predicted octanol–water partition coefficient (Wildman–Crippen LogP) is 5.91. The van der Waals surface area contributed by atoms with E-state index < -0.39 is 12.0 Å². The minimum Gasteiger partial charge on any atom is -0.339 e. The van der Waals surface area contributed by atoms with E-state index in [-0.39, 0.29) is 23.0 Å². The van der Waals surface area contributed by atoms with Gasteiger partial charge in [0.25, 0.3) is 11.8 Å². The first kappa shape index (κ1) is 26.4. The van der Waals surface area contributed by atoms with E-state index >= 15 is 0 Å². The first-order valence-electron chi connectivity index (χ1n) is 13.2. The van der Waals surface area contributed by atoms with E-state index in [4.69, 9.17) is 5.10 Å². The van der Waals surface area contributed by atoms with Crippen LogP contribution >= 0.6 is 0 Å². The van der Waals surface area contributed by atoms with E-state index in [9.17, 15) is 14.0 Å². The third-order valence-electron chi connectivity index (χ3n) is 7.34. The standard InChI is InChI=1S/C32H33FN4O2/c1-6-36-30-26(20(2)35-37(30)25-13-8-7-9-14-25)27(21-15-17-24(33)18-16-21)28(31(36)39)34-29(38)22-11-10-12-23(19-22)32(3,4)5/h7-19,27-28H,6H2,1-5H3,(H,34,38)/t27-,28?/m0/s1. The molecule has 0 bridgehead atoms. The number of aromatic nitrogens is 2. The molecule has 3 aromatic carbocycles. The van der Waals surface area contributed by atoms with E-state index in [1.165, 1.54) is 12.1 Å². The van der Waals surface area contributed by atoms with Crippen LogP contribution in [-0.2, 0) is 10.2 Å². The van der Waals surface area contributed by atoms with Crippen LogP contribution in [0.1, 0.15) is 66.4 Å². The number of carbonyl (C=O) groups excluding carboxylic acids is 2. The average Bonchev–Trinajstić information content (AvgIpc) is 3.26. The summed E-state index contributed by atoms with van der Waals surface area (Å²) < 4.78 is 15.7. The first-order chi connectivity index (χ1) is 18.6. The SMILES string of the molecule is CCN1C(=O)C(NC(=O)c2cccc(C(C)(C)C)c2)[C@@H](c2ccc(F)cc2)c2c(C)nn(-c3ccccc3)c21. The zero-order chi connectivity index (χ0) is 27.9. The molecular formula is C32H33FN4O2. The molecular weight excluding hydrogens is 491 g/mol. The quantitative estimate of drug-likeness (QED) is 0.353. The Balaban J connectivity index is 1.65. The Kier molecular flexibility index (Phi) is 6.85. The molecule has 0 fully saturated rings. The lowest BCUT2D eigenvalue weighted by Gasteiger charge is -2.38. The average molecular weight is 525 g/mol. The van der Waals surface area contributed by atoms with Crippen LogP contribution in [0.15, 0.2) is 78.9 Å². The van der Waals surface area contributed by atoms with Crippen LogP contribution in [0.4, 0.5) is 10.2 Å². The molecule has 2 atom stereocenters. The fourth-order valence-corrected chi connectivity index (χ4v) is 5.31. The highest BCUT2D eigenvalue weighted by molar-refractivity contribution is 6.05. The molecule has 0 saturated carbocycles. The van der Waals surface area contributed by atoms with Crippen LogP contribution in [0, 0.1) is 12.7 Å². The van der Waals surface area contributed by atoms with Crippen molar-refractivity contribution in [2.24, 2.45) is 0 Å². The number of aryl methyl sites for hydroxylation is 1. The number of para-hydroxylation sites is 1.